The molecule has 5 heteroatoms. The van der Waals surface area contributed by atoms with E-state index in [0.29, 0.717) is 0 Å². The summed E-state index contributed by atoms with van der Waals surface area (Å²) >= 11 is 5.79. The largest absolute Gasteiger partial charge is 0.352 e. The number of hydrogen-bond acceptors (Lipinski definition) is 2. The maximum atomic E-state index is 5.79. The van der Waals surface area contributed by atoms with Crippen molar-refractivity contribution in [3.05, 3.63) is 95.6 Å². The number of pyridine rings is 1. The summed E-state index contributed by atoms with van der Waals surface area (Å²) < 4.78 is 2.38. The monoisotopic (exact) mass is 440 g/mol. The molecule has 4 aromatic rings. The lowest BCUT2D eigenvalue weighted by Gasteiger charge is -2.31. The Morgan fingerprint density at radius 3 is 2.47 bits per heavy atom. The number of hydrogen-bond donors (Lipinski definition) is 1. The fourth-order valence-corrected chi connectivity index (χ4v) is 5.57. The maximum absolute atomic E-state index is 5.79. The van der Waals surface area contributed by atoms with Crippen molar-refractivity contribution in [2.75, 3.05) is 0 Å². The van der Waals surface area contributed by atoms with Crippen molar-refractivity contribution in [3.63, 3.8) is 0 Å². The highest BCUT2D eigenvalue weighted by molar-refractivity contribution is 7.80. The van der Waals surface area contributed by atoms with E-state index in [2.05, 4.69) is 102 Å². The molecule has 2 atom stereocenters. The van der Waals surface area contributed by atoms with Gasteiger partial charge in [0.2, 0.25) is 0 Å². The Labute approximate surface area is 194 Å². The average Bonchev–Trinajstić information content (AvgIpc) is 3.29. The number of aryl methyl sites for hydroxylation is 1. The highest BCUT2D eigenvalue weighted by Crippen LogP contribution is 2.42. The minimum atomic E-state index is 0.00701. The molecule has 0 saturated carbocycles. The van der Waals surface area contributed by atoms with Gasteiger partial charge in [0.25, 0.3) is 0 Å². The molecule has 32 heavy (non-hydrogen) atoms. The Kier molecular flexibility index (Phi) is 5.22. The molecule has 1 aliphatic heterocycles. The molecule has 2 aromatic carbocycles. The van der Waals surface area contributed by atoms with E-state index in [-0.39, 0.29) is 18.1 Å². The van der Waals surface area contributed by atoms with Crippen LogP contribution in [0.2, 0.25) is 0 Å². The average molecular weight is 441 g/mol. The Balaban J connectivity index is 1.69. The lowest BCUT2D eigenvalue weighted by Crippen LogP contribution is -2.35. The number of nitrogens with one attached hydrogen (secondary N) is 1. The van der Waals surface area contributed by atoms with Gasteiger partial charge in [-0.05, 0) is 75.1 Å². The van der Waals surface area contributed by atoms with Crippen LogP contribution in [0.5, 0.6) is 0 Å². The van der Waals surface area contributed by atoms with Crippen LogP contribution in [0.1, 0.15) is 48.6 Å². The lowest BCUT2D eigenvalue weighted by atomic mass is 9.96. The molecular weight excluding hydrogens is 412 g/mol. The van der Waals surface area contributed by atoms with E-state index in [1.807, 2.05) is 18.3 Å². The Morgan fingerprint density at radius 2 is 1.72 bits per heavy atom. The zero-order chi connectivity index (χ0) is 22.4. The minimum Gasteiger partial charge on any atom is -0.352 e. The van der Waals surface area contributed by atoms with Gasteiger partial charge in [-0.15, -0.1) is 0 Å². The van der Waals surface area contributed by atoms with Crippen LogP contribution in [0, 0.1) is 13.8 Å². The molecule has 3 heterocycles. The van der Waals surface area contributed by atoms with E-state index in [4.69, 9.17) is 12.2 Å². The van der Waals surface area contributed by atoms with Gasteiger partial charge in [0, 0.05) is 29.0 Å². The first-order chi connectivity index (χ1) is 15.5. The molecule has 0 bridgehead atoms. The predicted molar refractivity (Wildman–Crippen MR) is 135 cm³/mol. The summed E-state index contributed by atoms with van der Waals surface area (Å²) in [6.07, 6.45) is 1.86. The smallest absolute Gasteiger partial charge is 0.170 e. The molecule has 2 unspecified atom stereocenters. The van der Waals surface area contributed by atoms with Gasteiger partial charge in [0.15, 0.2) is 5.11 Å². The summed E-state index contributed by atoms with van der Waals surface area (Å²) in [7, 11) is 0. The van der Waals surface area contributed by atoms with E-state index < -0.39 is 0 Å². The summed E-state index contributed by atoms with van der Waals surface area (Å²) in [6.45, 7) is 8.81. The fourth-order valence-electron chi connectivity index (χ4n) is 5.12. The normalized spacial score (nSPS) is 18.5. The van der Waals surface area contributed by atoms with Crippen molar-refractivity contribution in [1.82, 2.24) is 19.8 Å². The van der Waals surface area contributed by atoms with E-state index in [1.165, 1.54) is 33.4 Å². The molecule has 0 radical (unpaired) electrons. The number of nitrogens with zero attached hydrogens (tertiary/aromatic N) is 3. The third-order valence-corrected chi connectivity index (χ3v) is 6.82. The van der Waals surface area contributed by atoms with Gasteiger partial charge in [-0.1, -0.05) is 42.5 Å². The second-order valence-electron chi connectivity index (χ2n) is 8.79. The third-order valence-electron chi connectivity index (χ3n) is 6.49. The van der Waals surface area contributed by atoms with Gasteiger partial charge in [-0.25, -0.2) is 0 Å². The van der Waals surface area contributed by atoms with Gasteiger partial charge < -0.3 is 14.8 Å². The Hall–Kier alpha value is -3.18. The molecule has 4 nitrogen and oxygen atoms in total. The summed E-state index contributed by atoms with van der Waals surface area (Å²) in [6, 6.07) is 23.9. The van der Waals surface area contributed by atoms with Gasteiger partial charge in [-0.3, -0.25) is 4.98 Å². The van der Waals surface area contributed by atoms with E-state index in [0.717, 1.165) is 10.8 Å². The Bertz CT molecular complexity index is 1290. The van der Waals surface area contributed by atoms with Crippen LogP contribution in [0.3, 0.4) is 0 Å². The summed E-state index contributed by atoms with van der Waals surface area (Å²) in [5, 5.41) is 6.85. The first-order valence-corrected chi connectivity index (χ1v) is 11.5. The van der Waals surface area contributed by atoms with Crippen LogP contribution in [-0.2, 0) is 0 Å². The SMILES string of the molecule is Cc1cc(C2C(c3ccccn3)NC(=S)N2C(C)C)c(C)n1-c1cccc2ccccc12. The first-order valence-electron chi connectivity index (χ1n) is 11.1. The maximum Gasteiger partial charge on any atom is 0.170 e. The van der Waals surface area contributed by atoms with Crippen LogP contribution in [-0.4, -0.2) is 25.6 Å². The van der Waals surface area contributed by atoms with Crippen LogP contribution >= 0.6 is 12.2 Å². The molecule has 162 valence electrons. The molecule has 1 N–H and O–H groups in total. The second-order valence-corrected chi connectivity index (χ2v) is 9.17. The van der Waals surface area contributed by atoms with Crippen molar-refractivity contribution in [2.24, 2.45) is 0 Å². The first kappa shape index (κ1) is 20.7. The van der Waals surface area contributed by atoms with Crippen molar-refractivity contribution < 1.29 is 0 Å². The molecule has 2 aromatic heterocycles. The highest BCUT2D eigenvalue weighted by atomic mass is 32.1. The highest BCUT2D eigenvalue weighted by Gasteiger charge is 2.42. The summed E-state index contributed by atoms with van der Waals surface area (Å²) in [5.74, 6) is 0. The van der Waals surface area contributed by atoms with Crippen molar-refractivity contribution >= 4 is 28.1 Å². The molecular formula is C27H28N4S. The van der Waals surface area contributed by atoms with Gasteiger partial charge >= 0.3 is 0 Å². The van der Waals surface area contributed by atoms with E-state index >= 15 is 0 Å². The summed E-state index contributed by atoms with van der Waals surface area (Å²) in [5.41, 5.74) is 5.96. The molecule has 0 spiro atoms. The quantitative estimate of drug-likeness (QED) is 0.393. The van der Waals surface area contributed by atoms with Crippen LogP contribution in [0.15, 0.2) is 72.9 Å². The second kappa shape index (κ2) is 8.06. The number of aromatic nitrogens is 2. The van der Waals surface area contributed by atoms with Crippen molar-refractivity contribution in [3.8, 4) is 5.69 Å². The van der Waals surface area contributed by atoms with Gasteiger partial charge in [0.1, 0.15) is 0 Å². The summed E-state index contributed by atoms with van der Waals surface area (Å²) in [4.78, 5) is 6.99. The number of thiocarbonyl (C=S) groups is 1. The predicted octanol–water partition coefficient (Wildman–Crippen LogP) is 6.02. The number of rotatable bonds is 4. The lowest BCUT2D eigenvalue weighted by molar-refractivity contribution is 0.269. The fraction of sp³-hybridized carbons (Fsp3) is 0.259. The molecule has 5 rings (SSSR count). The number of fused-ring (bicyclic) bond motifs is 1. The zero-order valence-corrected chi connectivity index (χ0v) is 19.7. The van der Waals surface area contributed by atoms with Gasteiger partial charge in [-0.2, -0.15) is 0 Å². The molecule has 1 saturated heterocycles. The van der Waals surface area contributed by atoms with E-state index in [9.17, 15) is 0 Å². The van der Waals surface area contributed by atoms with Crippen molar-refractivity contribution in [1.29, 1.82) is 0 Å². The molecule has 0 amide bonds. The van der Waals surface area contributed by atoms with Crippen LogP contribution < -0.4 is 5.32 Å². The minimum absolute atomic E-state index is 0.00701. The van der Waals surface area contributed by atoms with E-state index in [1.54, 1.807) is 0 Å². The van der Waals surface area contributed by atoms with Crippen LogP contribution in [0.25, 0.3) is 16.5 Å². The zero-order valence-electron chi connectivity index (χ0n) is 18.9. The van der Waals surface area contributed by atoms with Crippen molar-refractivity contribution in [2.45, 2.75) is 45.8 Å². The molecule has 1 aliphatic rings. The van der Waals surface area contributed by atoms with Gasteiger partial charge in [0.05, 0.1) is 23.5 Å². The molecule has 0 aliphatic carbocycles. The third kappa shape index (κ3) is 3.28. The molecule has 1 fully saturated rings. The number of benzene rings is 2. The Morgan fingerprint density at radius 1 is 0.969 bits per heavy atom. The standard InChI is InChI=1S/C27H28N4S/c1-17(2)30-26(25(29-27(30)32)23-13-7-8-15-28-23)22-16-18(3)31(19(22)4)24-14-9-11-20-10-5-6-12-21(20)24/h5-17,25-26H,1-4H3,(H,29,32). The van der Waals surface area contributed by atoms with Crippen LogP contribution in [0.4, 0.5) is 0 Å². The topological polar surface area (TPSA) is 33.1 Å².